The van der Waals surface area contributed by atoms with Crippen LogP contribution in [0.3, 0.4) is 0 Å². The zero-order chi connectivity index (χ0) is 16.8. The fraction of sp³-hybridized carbons (Fsp3) is 0.389. The molecule has 0 radical (unpaired) electrons. The van der Waals surface area contributed by atoms with Crippen molar-refractivity contribution in [2.24, 2.45) is 0 Å². The van der Waals surface area contributed by atoms with E-state index in [-0.39, 0.29) is 11.3 Å². The van der Waals surface area contributed by atoms with Crippen LogP contribution < -0.4 is 4.74 Å². The monoisotopic (exact) mass is 335 g/mol. The fourth-order valence-electron chi connectivity index (χ4n) is 2.13. The molecule has 0 bridgehead atoms. The molecule has 0 saturated carbocycles. The second-order valence-corrected chi connectivity index (χ2v) is 6.05. The molecule has 1 amide bonds. The maximum Gasteiger partial charge on any atom is 0.289 e. The van der Waals surface area contributed by atoms with Crippen molar-refractivity contribution in [3.05, 3.63) is 53.5 Å². The topological polar surface area (TPSA) is 42.7 Å². The van der Waals surface area contributed by atoms with Crippen molar-refractivity contribution in [3.8, 4) is 5.75 Å². The van der Waals surface area contributed by atoms with E-state index in [1.807, 2.05) is 18.2 Å². The number of hydrogen-bond donors (Lipinski definition) is 0. The number of halogens is 1. The third kappa shape index (κ3) is 4.76. The van der Waals surface area contributed by atoms with Crippen LogP contribution in [0.15, 0.2) is 40.8 Å². The number of likely N-dealkylation sites (N-methyl/N-ethyl adjacent to an activating group) is 1. The van der Waals surface area contributed by atoms with Gasteiger partial charge in [-0.1, -0.05) is 19.1 Å². The molecule has 5 heteroatoms. The molecule has 2 rings (SSSR count). The summed E-state index contributed by atoms with van der Waals surface area (Å²) in [7, 11) is 1.72. The summed E-state index contributed by atoms with van der Waals surface area (Å²) in [6.07, 6.45) is 0.968. The lowest BCUT2D eigenvalue weighted by molar-refractivity contribution is 0.0740. The van der Waals surface area contributed by atoms with Crippen molar-refractivity contribution in [2.75, 3.05) is 20.2 Å². The molecule has 0 saturated heterocycles. The molecular formula is C18H22ClNO3. The molecule has 124 valence electrons. The Morgan fingerprint density at radius 3 is 2.78 bits per heavy atom. The number of alkyl halides is 1. The van der Waals surface area contributed by atoms with Crippen LogP contribution in [0.2, 0.25) is 0 Å². The minimum Gasteiger partial charge on any atom is -0.492 e. The summed E-state index contributed by atoms with van der Waals surface area (Å²) in [6, 6.07) is 11.4. The highest BCUT2D eigenvalue weighted by Gasteiger charge is 2.17. The summed E-state index contributed by atoms with van der Waals surface area (Å²) in [5, 5.41) is -0.254. The summed E-state index contributed by atoms with van der Waals surface area (Å²) < 4.78 is 11.2. The van der Waals surface area contributed by atoms with E-state index in [4.69, 9.17) is 20.8 Å². The average Bonchev–Trinajstić information content (AvgIpc) is 3.04. The fourth-order valence-corrected chi connectivity index (χ4v) is 2.24. The van der Waals surface area contributed by atoms with Crippen LogP contribution in [0.5, 0.6) is 5.75 Å². The Morgan fingerprint density at radius 2 is 2.13 bits per heavy atom. The maximum atomic E-state index is 12.3. The minimum atomic E-state index is -0.254. The molecule has 1 unspecified atom stereocenters. The van der Waals surface area contributed by atoms with Gasteiger partial charge in [0.1, 0.15) is 18.1 Å². The molecule has 2 aromatic rings. The van der Waals surface area contributed by atoms with Crippen molar-refractivity contribution in [1.82, 2.24) is 4.90 Å². The Kier molecular flexibility index (Phi) is 6.11. The SMILES string of the molecule is CCc1cccc(OCCN(C)C(=O)c2ccc(C(C)Cl)o2)c1. The molecule has 4 nitrogen and oxygen atoms in total. The van der Waals surface area contributed by atoms with Crippen LogP contribution in [-0.2, 0) is 6.42 Å². The molecule has 1 atom stereocenters. The summed E-state index contributed by atoms with van der Waals surface area (Å²) in [6.45, 7) is 4.80. The number of nitrogens with zero attached hydrogens (tertiary/aromatic N) is 1. The van der Waals surface area contributed by atoms with E-state index in [9.17, 15) is 4.79 Å². The van der Waals surface area contributed by atoms with E-state index < -0.39 is 0 Å². The Labute approximate surface area is 142 Å². The number of furan rings is 1. The van der Waals surface area contributed by atoms with E-state index in [2.05, 4.69) is 13.0 Å². The van der Waals surface area contributed by atoms with Crippen molar-refractivity contribution in [3.63, 3.8) is 0 Å². The molecule has 23 heavy (non-hydrogen) atoms. The maximum absolute atomic E-state index is 12.3. The van der Waals surface area contributed by atoms with Gasteiger partial charge in [-0.15, -0.1) is 11.6 Å². The van der Waals surface area contributed by atoms with E-state index >= 15 is 0 Å². The van der Waals surface area contributed by atoms with E-state index in [1.54, 1.807) is 31.0 Å². The Bertz CT molecular complexity index is 651. The molecule has 0 aliphatic rings. The molecular weight excluding hydrogens is 314 g/mol. The van der Waals surface area contributed by atoms with Crippen molar-refractivity contribution in [1.29, 1.82) is 0 Å². The smallest absolute Gasteiger partial charge is 0.289 e. The normalized spacial score (nSPS) is 12.0. The van der Waals surface area contributed by atoms with Crippen molar-refractivity contribution in [2.45, 2.75) is 25.6 Å². The highest BCUT2D eigenvalue weighted by atomic mass is 35.5. The van der Waals surface area contributed by atoms with Gasteiger partial charge >= 0.3 is 0 Å². The lowest BCUT2D eigenvalue weighted by Gasteiger charge is -2.16. The van der Waals surface area contributed by atoms with Gasteiger partial charge in [-0.05, 0) is 43.2 Å². The molecule has 0 spiro atoms. The van der Waals surface area contributed by atoms with Crippen molar-refractivity contribution < 1.29 is 13.9 Å². The number of ether oxygens (including phenoxy) is 1. The summed E-state index contributed by atoms with van der Waals surface area (Å²) in [5.41, 5.74) is 1.23. The molecule has 0 aliphatic heterocycles. The zero-order valence-electron chi connectivity index (χ0n) is 13.7. The van der Waals surface area contributed by atoms with Crippen molar-refractivity contribution >= 4 is 17.5 Å². The number of aryl methyl sites for hydroxylation is 1. The van der Waals surface area contributed by atoms with Gasteiger partial charge in [0.25, 0.3) is 5.91 Å². The van der Waals surface area contributed by atoms with Crippen LogP contribution in [0.4, 0.5) is 0 Å². The molecule has 1 aromatic heterocycles. The molecule has 0 fully saturated rings. The van der Waals surface area contributed by atoms with E-state index in [1.165, 1.54) is 5.56 Å². The molecule has 0 aliphatic carbocycles. The molecule has 1 aromatic carbocycles. The van der Waals surface area contributed by atoms with E-state index in [0.29, 0.717) is 24.7 Å². The number of carbonyl (C=O) groups excluding carboxylic acids is 1. The highest BCUT2D eigenvalue weighted by Crippen LogP contribution is 2.22. The van der Waals surface area contributed by atoms with Gasteiger partial charge < -0.3 is 14.1 Å². The standard InChI is InChI=1S/C18H22ClNO3/c1-4-14-6-5-7-15(12-14)22-11-10-20(3)18(21)17-9-8-16(23-17)13(2)19/h5-9,12-13H,4,10-11H2,1-3H3. The van der Waals surface area contributed by atoms with Crippen LogP contribution in [0.1, 0.15) is 41.1 Å². The lowest BCUT2D eigenvalue weighted by Crippen LogP contribution is -2.30. The summed E-state index contributed by atoms with van der Waals surface area (Å²) in [4.78, 5) is 13.8. The third-order valence-corrected chi connectivity index (χ3v) is 3.79. The number of hydrogen-bond acceptors (Lipinski definition) is 3. The summed E-state index contributed by atoms with van der Waals surface area (Å²) >= 11 is 5.94. The van der Waals surface area contributed by atoms with Gasteiger partial charge in [0.05, 0.1) is 11.9 Å². The first-order valence-corrected chi connectivity index (χ1v) is 8.16. The molecule has 1 heterocycles. The second kappa shape index (κ2) is 8.06. The van der Waals surface area contributed by atoms with Crippen LogP contribution >= 0.6 is 11.6 Å². The van der Waals surface area contributed by atoms with Gasteiger partial charge in [-0.25, -0.2) is 0 Å². The van der Waals surface area contributed by atoms with Gasteiger partial charge in [-0.2, -0.15) is 0 Å². The van der Waals surface area contributed by atoms with E-state index in [0.717, 1.165) is 12.2 Å². The average molecular weight is 336 g/mol. The Balaban J connectivity index is 1.85. The lowest BCUT2D eigenvalue weighted by atomic mass is 10.2. The number of carbonyl (C=O) groups is 1. The largest absolute Gasteiger partial charge is 0.492 e. The van der Waals surface area contributed by atoms with Gasteiger partial charge in [0.2, 0.25) is 0 Å². The van der Waals surface area contributed by atoms with Crippen LogP contribution in [0.25, 0.3) is 0 Å². The number of amides is 1. The van der Waals surface area contributed by atoms with Gasteiger partial charge in [0.15, 0.2) is 5.76 Å². The first-order valence-electron chi connectivity index (χ1n) is 7.72. The predicted octanol–water partition coefficient (Wildman–Crippen LogP) is 4.29. The van der Waals surface area contributed by atoms with Gasteiger partial charge in [-0.3, -0.25) is 4.79 Å². The van der Waals surface area contributed by atoms with Crippen LogP contribution in [0, 0.1) is 0 Å². The first-order chi connectivity index (χ1) is 11.0. The summed E-state index contributed by atoms with van der Waals surface area (Å²) in [5.74, 6) is 1.53. The number of benzene rings is 1. The second-order valence-electron chi connectivity index (χ2n) is 5.39. The quantitative estimate of drug-likeness (QED) is 0.709. The minimum absolute atomic E-state index is 0.181. The zero-order valence-corrected chi connectivity index (χ0v) is 14.5. The Hall–Kier alpha value is -1.94. The molecule has 0 N–H and O–H groups in total. The highest BCUT2D eigenvalue weighted by molar-refractivity contribution is 6.20. The number of rotatable bonds is 7. The third-order valence-electron chi connectivity index (χ3n) is 3.58. The first kappa shape index (κ1) is 17.4. The van der Waals surface area contributed by atoms with Crippen LogP contribution in [-0.4, -0.2) is 31.0 Å². The Morgan fingerprint density at radius 1 is 1.35 bits per heavy atom. The van der Waals surface area contributed by atoms with Gasteiger partial charge in [0, 0.05) is 7.05 Å². The predicted molar refractivity (Wildman–Crippen MR) is 91.3 cm³/mol.